The molecule has 1 rings (SSSR count). The Balaban J connectivity index is 0. The molecule has 0 bridgehead atoms. The molecule has 0 amide bonds. The van der Waals surface area contributed by atoms with Crippen molar-refractivity contribution in [3.05, 3.63) is 35.4 Å². The Kier molecular flexibility index (Phi) is 14.6. The van der Waals surface area contributed by atoms with Crippen LogP contribution >= 0.6 is 0 Å². The van der Waals surface area contributed by atoms with Crippen LogP contribution in [0.5, 0.6) is 0 Å². The van der Waals surface area contributed by atoms with Crippen LogP contribution in [0.3, 0.4) is 0 Å². The van der Waals surface area contributed by atoms with E-state index >= 15 is 0 Å². The van der Waals surface area contributed by atoms with Crippen LogP contribution in [-0.2, 0) is 0 Å². The van der Waals surface area contributed by atoms with E-state index in [1.54, 1.807) is 0 Å². The molecule has 0 saturated heterocycles. The quantitative estimate of drug-likeness (QED) is 0.277. The summed E-state index contributed by atoms with van der Waals surface area (Å²) in [5.41, 5.74) is -0.380. The van der Waals surface area contributed by atoms with Crippen molar-refractivity contribution in [1.82, 2.24) is 0 Å². The second-order valence-electron chi connectivity index (χ2n) is 4.19. The molecule has 0 aliphatic rings. The Labute approximate surface area is 137 Å². The van der Waals surface area contributed by atoms with E-state index in [4.69, 9.17) is 40.9 Å². The third-order valence-electron chi connectivity index (χ3n) is 2.23. The average molecular weight is 350 g/mol. The first-order valence-corrected chi connectivity index (χ1v) is 6.60. The number of carbonyl (C=O) groups is 2. The van der Waals surface area contributed by atoms with E-state index in [0.29, 0.717) is 0 Å². The predicted molar refractivity (Wildman–Crippen MR) is 80.7 cm³/mol. The third-order valence-corrected chi connectivity index (χ3v) is 2.23. The molecule has 0 aromatic heterocycles. The van der Waals surface area contributed by atoms with Gasteiger partial charge in [0.05, 0.1) is 37.6 Å². The van der Waals surface area contributed by atoms with Gasteiger partial charge in [0, 0.05) is 0 Å². The fraction of sp³-hybridized carbons (Fsp3) is 0.429. The second kappa shape index (κ2) is 14.5. The van der Waals surface area contributed by atoms with Gasteiger partial charge in [0.15, 0.2) is 0 Å². The largest absolute Gasteiger partial charge is 0.478 e. The zero-order valence-electron chi connectivity index (χ0n) is 12.7. The summed E-state index contributed by atoms with van der Waals surface area (Å²) in [6, 6.07) is 5.48. The van der Waals surface area contributed by atoms with E-state index in [1.807, 2.05) is 0 Å². The standard InChI is InChI=1S/C8H6O4.2C3H8O3/c9-7(10)5-3-1-2-4-6(5)8(11)12;2*4-1-3(6)2-5/h1-4H,(H,9,10)(H,11,12);2*3-6H,1-2H2. The van der Waals surface area contributed by atoms with Gasteiger partial charge in [0.2, 0.25) is 0 Å². The molecule has 0 aliphatic heterocycles. The van der Waals surface area contributed by atoms with Gasteiger partial charge in [-0.1, -0.05) is 12.1 Å². The van der Waals surface area contributed by atoms with E-state index in [2.05, 4.69) is 0 Å². The minimum Gasteiger partial charge on any atom is -0.478 e. The molecule has 24 heavy (non-hydrogen) atoms. The highest BCUT2D eigenvalue weighted by molar-refractivity contribution is 6.01. The van der Waals surface area contributed by atoms with Gasteiger partial charge in [0.25, 0.3) is 0 Å². The van der Waals surface area contributed by atoms with Crippen molar-refractivity contribution in [2.24, 2.45) is 0 Å². The molecule has 1 aromatic rings. The molecule has 0 spiro atoms. The van der Waals surface area contributed by atoms with E-state index < -0.39 is 24.1 Å². The van der Waals surface area contributed by atoms with Gasteiger partial charge in [-0.3, -0.25) is 0 Å². The number of carboxylic acid groups (broad SMARTS) is 2. The normalized spacial score (nSPS) is 9.67. The molecule has 10 nitrogen and oxygen atoms in total. The molecule has 1 aromatic carbocycles. The minimum atomic E-state index is -1.23. The summed E-state index contributed by atoms with van der Waals surface area (Å²) in [4.78, 5) is 20.9. The molecular formula is C14H22O10. The van der Waals surface area contributed by atoms with Crippen molar-refractivity contribution in [2.75, 3.05) is 26.4 Å². The summed E-state index contributed by atoms with van der Waals surface area (Å²) in [6.07, 6.45) is -1.91. The Morgan fingerprint density at radius 3 is 1.08 bits per heavy atom. The Morgan fingerprint density at radius 1 is 0.708 bits per heavy atom. The topological polar surface area (TPSA) is 196 Å². The van der Waals surface area contributed by atoms with Gasteiger partial charge >= 0.3 is 11.9 Å². The molecule has 0 heterocycles. The first-order valence-electron chi connectivity index (χ1n) is 6.60. The number of aliphatic hydroxyl groups excluding tert-OH is 6. The van der Waals surface area contributed by atoms with Gasteiger partial charge < -0.3 is 40.9 Å². The lowest BCUT2D eigenvalue weighted by molar-refractivity contribution is 0.0450. The fourth-order valence-electron chi connectivity index (χ4n) is 0.972. The molecule has 0 aliphatic carbocycles. The van der Waals surface area contributed by atoms with Crippen LogP contribution in [-0.4, -0.2) is 91.4 Å². The molecule has 0 fully saturated rings. The molecule has 0 saturated carbocycles. The number of aromatic carboxylic acids is 2. The lowest BCUT2D eigenvalue weighted by atomic mass is 10.1. The van der Waals surface area contributed by atoms with Crippen LogP contribution in [0.1, 0.15) is 20.7 Å². The number of carboxylic acids is 2. The van der Waals surface area contributed by atoms with Crippen LogP contribution in [0.4, 0.5) is 0 Å². The smallest absolute Gasteiger partial charge is 0.336 e. The average Bonchev–Trinajstić information content (AvgIpc) is 2.61. The number of hydrogen-bond donors (Lipinski definition) is 8. The van der Waals surface area contributed by atoms with Crippen molar-refractivity contribution in [1.29, 1.82) is 0 Å². The maximum Gasteiger partial charge on any atom is 0.336 e. The Morgan fingerprint density at radius 2 is 0.958 bits per heavy atom. The van der Waals surface area contributed by atoms with Crippen LogP contribution in [0.25, 0.3) is 0 Å². The van der Waals surface area contributed by atoms with E-state index in [-0.39, 0.29) is 37.6 Å². The first-order chi connectivity index (χ1) is 11.2. The summed E-state index contributed by atoms with van der Waals surface area (Å²) >= 11 is 0. The third kappa shape index (κ3) is 11.5. The van der Waals surface area contributed by atoms with E-state index in [0.717, 1.165) is 0 Å². The number of rotatable bonds is 6. The predicted octanol–water partition coefficient (Wildman–Crippen LogP) is -2.25. The fourth-order valence-corrected chi connectivity index (χ4v) is 0.972. The summed E-state index contributed by atoms with van der Waals surface area (Å²) < 4.78 is 0. The zero-order chi connectivity index (χ0) is 19.1. The minimum absolute atomic E-state index is 0.190. The van der Waals surface area contributed by atoms with Crippen LogP contribution in [0, 0.1) is 0 Å². The summed E-state index contributed by atoms with van der Waals surface area (Å²) in [5.74, 6) is -2.46. The highest BCUT2D eigenvalue weighted by atomic mass is 16.4. The molecule has 10 heteroatoms. The van der Waals surface area contributed by atoms with Crippen molar-refractivity contribution in [2.45, 2.75) is 12.2 Å². The lowest BCUT2D eigenvalue weighted by Crippen LogP contribution is -2.15. The zero-order valence-corrected chi connectivity index (χ0v) is 12.7. The molecule has 0 unspecified atom stereocenters. The van der Waals surface area contributed by atoms with Crippen LogP contribution < -0.4 is 0 Å². The Bertz CT molecular complexity index is 425. The SMILES string of the molecule is O=C(O)c1ccccc1C(=O)O.OCC(O)CO.OCC(O)CO. The molecule has 8 N–H and O–H groups in total. The number of hydrogen-bond acceptors (Lipinski definition) is 8. The monoisotopic (exact) mass is 350 g/mol. The van der Waals surface area contributed by atoms with Gasteiger partial charge in [-0.15, -0.1) is 0 Å². The van der Waals surface area contributed by atoms with Gasteiger partial charge in [-0.2, -0.15) is 0 Å². The van der Waals surface area contributed by atoms with Gasteiger partial charge in [-0.25, -0.2) is 9.59 Å². The van der Waals surface area contributed by atoms with E-state index in [1.165, 1.54) is 24.3 Å². The molecule has 138 valence electrons. The van der Waals surface area contributed by atoms with Gasteiger partial charge in [0.1, 0.15) is 12.2 Å². The van der Waals surface area contributed by atoms with Crippen molar-refractivity contribution in [3.8, 4) is 0 Å². The molecule has 0 atom stereocenters. The van der Waals surface area contributed by atoms with Crippen molar-refractivity contribution >= 4 is 11.9 Å². The van der Waals surface area contributed by atoms with Gasteiger partial charge in [-0.05, 0) is 12.1 Å². The highest BCUT2D eigenvalue weighted by Crippen LogP contribution is 2.07. The molecular weight excluding hydrogens is 328 g/mol. The lowest BCUT2D eigenvalue weighted by Gasteiger charge is -1.98. The first kappa shape index (κ1) is 24.2. The molecule has 0 radical (unpaired) electrons. The second-order valence-corrected chi connectivity index (χ2v) is 4.19. The maximum atomic E-state index is 10.5. The summed E-state index contributed by atoms with van der Waals surface area (Å²) in [7, 11) is 0. The maximum absolute atomic E-state index is 10.5. The number of aliphatic hydroxyl groups is 6. The Hall–Kier alpha value is -2.08. The van der Waals surface area contributed by atoms with E-state index in [9.17, 15) is 9.59 Å². The van der Waals surface area contributed by atoms with Crippen molar-refractivity contribution in [3.63, 3.8) is 0 Å². The number of benzene rings is 1. The van der Waals surface area contributed by atoms with Crippen molar-refractivity contribution < 1.29 is 50.4 Å². The van der Waals surface area contributed by atoms with Crippen LogP contribution in [0.15, 0.2) is 24.3 Å². The highest BCUT2D eigenvalue weighted by Gasteiger charge is 2.13. The van der Waals surface area contributed by atoms with Crippen LogP contribution in [0.2, 0.25) is 0 Å². The summed E-state index contributed by atoms with van der Waals surface area (Å²) in [5, 5.41) is 65.1. The summed E-state index contributed by atoms with van der Waals surface area (Å²) in [6.45, 7) is -1.46.